The Bertz CT molecular complexity index is 1150. The molecule has 1 aromatic carbocycles. The third-order valence-corrected chi connectivity index (χ3v) is 4.22. The molecule has 0 saturated carbocycles. The van der Waals surface area contributed by atoms with Crippen LogP contribution in [0.4, 0.5) is 10.1 Å². The third-order valence-electron chi connectivity index (χ3n) is 4.22. The van der Waals surface area contributed by atoms with E-state index >= 15 is 0 Å². The van der Waals surface area contributed by atoms with Crippen LogP contribution in [0.1, 0.15) is 21.7 Å². The molecular formula is C20H16FN5O. The number of amides is 1. The summed E-state index contributed by atoms with van der Waals surface area (Å²) >= 11 is 0. The van der Waals surface area contributed by atoms with Crippen LogP contribution in [-0.2, 0) is 0 Å². The van der Waals surface area contributed by atoms with E-state index in [1.165, 1.54) is 12.1 Å². The number of hydrogen-bond acceptors (Lipinski definition) is 4. The smallest absolute Gasteiger partial charge is 0.258 e. The number of nitrogens with zero attached hydrogens (tertiary/aromatic N) is 3. The summed E-state index contributed by atoms with van der Waals surface area (Å²) in [5.41, 5.74) is 4.30. The van der Waals surface area contributed by atoms with Gasteiger partial charge in [-0.2, -0.15) is 0 Å². The maximum absolute atomic E-state index is 13.1. The van der Waals surface area contributed by atoms with E-state index in [1.807, 2.05) is 26.0 Å². The molecule has 0 saturated heterocycles. The number of aromatic nitrogens is 4. The van der Waals surface area contributed by atoms with Gasteiger partial charge in [-0.05, 0) is 56.3 Å². The summed E-state index contributed by atoms with van der Waals surface area (Å²) in [6, 6.07) is 11.2. The average Bonchev–Trinajstić information content (AvgIpc) is 3.08. The first-order chi connectivity index (χ1) is 13.0. The molecule has 4 aromatic rings. The number of carbonyl (C=O) groups is 1. The van der Waals surface area contributed by atoms with E-state index in [1.54, 1.807) is 24.4 Å². The number of nitrogens with one attached hydrogen (secondary N) is 2. The van der Waals surface area contributed by atoms with Crippen LogP contribution in [-0.4, -0.2) is 25.8 Å². The van der Waals surface area contributed by atoms with E-state index in [2.05, 4.69) is 25.3 Å². The minimum atomic E-state index is -0.324. The second-order valence-electron chi connectivity index (χ2n) is 6.19. The molecular weight excluding hydrogens is 345 g/mol. The van der Waals surface area contributed by atoms with Crippen molar-refractivity contribution in [3.63, 3.8) is 0 Å². The van der Waals surface area contributed by atoms with Gasteiger partial charge in [-0.3, -0.25) is 9.78 Å². The van der Waals surface area contributed by atoms with Crippen LogP contribution >= 0.6 is 0 Å². The Balaban J connectivity index is 1.71. The van der Waals surface area contributed by atoms with Crippen LogP contribution in [0.5, 0.6) is 0 Å². The number of carbonyl (C=O) groups excluding carboxylic acids is 1. The Morgan fingerprint density at radius 3 is 2.56 bits per heavy atom. The van der Waals surface area contributed by atoms with Crippen LogP contribution in [0.2, 0.25) is 0 Å². The topological polar surface area (TPSA) is 83.6 Å². The van der Waals surface area contributed by atoms with Gasteiger partial charge in [0.05, 0.1) is 16.9 Å². The molecule has 134 valence electrons. The number of hydrogen-bond donors (Lipinski definition) is 2. The molecule has 0 atom stereocenters. The van der Waals surface area contributed by atoms with Gasteiger partial charge >= 0.3 is 0 Å². The summed E-state index contributed by atoms with van der Waals surface area (Å²) in [5, 5.41) is 2.87. The molecule has 0 aliphatic rings. The molecule has 3 aromatic heterocycles. The Labute approximate surface area is 154 Å². The SMILES string of the molecule is Cc1ccc(NC(=O)c2ccnc3[nH]c(-c4ccc(F)cc4)nc23)c(C)n1. The van der Waals surface area contributed by atoms with Crippen molar-refractivity contribution in [1.29, 1.82) is 0 Å². The number of aromatic amines is 1. The summed E-state index contributed by atoms with van der Waals surface area (Å²) in [6.07, 6.45) is 1.55. The minimum Gasteiger partial charge on any atom is -0.323 e. The predicted molar refractivity (Wildman–Crippen MR) is 101 cm³/mol. The van der Waals surface area contributed by atoms with Crippen molar-refractivity contribution in [2.24, 2.45) is 0 Å². The number of fused-ring (bicyclic) bond motifs is 1. The maximum atomic E-state index is 13.1. The van der Waals surface area contributed by atoms with Crippen LogP contribution in [0, 0.1) is 19.7 Å². The molecule has 0 radical (unpaired) electrons. The molecule has 0 aliphatic carbocycles. The average molecular weight is 361 g/mol. The maximum Gasteiger partial charge on any atom is 0.258 e. The van der Waals surface area contributed by atoms with Crippen molar-refractivity contribution in [2.75, 3.05) is 5.32 Å². The molecule has 1 amide bonds. The zero-order valence-corrected chi connectivity index (χ0v) is 14.7. The summed E-state index contributed by atoms with van der Waals surface area (Å²) in [6.45, 7) is 3.73. The van der Waals surface area contributed by atoms with Gasteiger partial charge in [0.2, 0.25) is 0 Å². The van der Waals surface area contributed by atoms with Gasteiger partial charge < -0.3 is 10.3 Å². The normalized spacial score (nSPS) is 10.9. The van der Waals surface area contributed by atoms with Gasteiger partial charge in [0, 0.05) is 17.5 Å². The first kappa shape index (κ1) is 16.8. The van der Waals surface area contributed by atoms with Gasteiger partial charge in [-0.1, -0.05) is 0 Å². The van der Waals surface area contributed by atoms with Crippen molar-refractivity contribution >= 4 is 22.8 Å². The summed E-state index contributed by atoms with van der Waals surface area (Å²) < 4.78 is 13.1. The van der Waals surface area contributed by atoms with E-state index in [0.717, 1.165) is 11.4 Å². The fourth-order valence-corrected chi connectivity index (χ4v) is 2.85. The van der Waals surface area contributed by atoms with Gasteiger partial charge in [0.1, 0.15) is 17.2 Å². The quantitative estimate of drug-likeness (QED) is 0.577. The highest BCUT2D eigenvalue weighted by Gasteiger charge is 2.16. The summed E-state index contributed by atoms with van der Waals surface area (Å²) in [7, 11) is 0. The highest BCUT2D eigenvalue weighted by atomic mass is 19.1. The third kappa shape index (κ3) is 3.27. The number of pyridine rings is 2. The second kappa shape index (κ2) is 6.60. The Morgan fingerprint density at radius 2 is 1.81 bits per heavy atom. The van der Waals surface area contributed by atoms with Gasteiger partial charge in [0.25, 0.3) is 5.91 Å². The molecule has 7 heteroatoms. The number of halogens is 1. The molecule has 0 aliphatic heterocycles. The van der Waals surface area contributed by atoms with E-state index in [-0.39, 0.29) is 11.7 Å². The zero-order valence-electron chi connectivity index (χ0n) is 14.7. The fraction of sp³-hybridized carbons (Fsp3) is 0.100. The molecule has 3 heterocycles. The summed E-state index contributed by atoms with van der Waals surface area (Å²) in [5.74, 6) is -0.102. The van der Waals surface area contributed by atoms with Crippen LogP contribution in [0.3, 0.4) is 0 Å². The molecule has 0 fully saturated rings. The number of benzene rings is 1. The largest absolute Gasteiger partial charge is 0.323 e. The zero-order chi connectivity index (χ0) is 19.0. The lowest BCUT2D eigenvalue weighted by Gasteiger charge is -2.08. The van der Waals surface area contributed by atoms with E-state index in [9.17, 15) is 9.18 Å². The molecule has 27 heavy (non-hydrogen) atoms. The molecule has 4 rings (SSSR count). The number of imidazole rings is 1. The molecule has 0 bridgehead atoms. The molecule has 0 spiro atoms. The lowest BCUT2D eigenvalue weighted by Crippen LogP contribution is -2.14. The van der Waals surface area contributed by atoms with Crippen LogP contribution < -0.4 is 5.32 Å². The Hall–Kier alpha value is -3.61. The first-order valence-corrected chi connectivity index (χ1v) is 8.37. The lowest BCUT2D eigenvalue weighted by molar-refractivity contribution is 0.102. The van der Waals surface area contributed by atoms with Crippen molar-refractivity contribution in [1.82, 2.24) is 19.9 Å². The van der Waals surface area contributed by atoms with Gasteiger partial charge in [-0.25, -0.2) is 14.4 Å². The molecule has 0 unspecified atom stereocenters. The van der Waals surface area contributed by atoms with Gasteiger partial charge in [0.15, 0.2) is 5.65 Å². The van der Waals surface area contributed by atoms with E-state index in [4.69, 9.17) is 0 Å². The Morgan fingerprint density at radius 1 is 1.04 bits per heavy atom. The van der Waals surface area contributed by atoms with E-state index in [0.29, 0.717) is 33.8 Å². The van der Waals surface area contributed by atoms with Crippen molar-refractivity contribution < 1.29 is 9.18 Å². The summed E-state index contributed by atoms with van der Waals surface area (Å²) in [4.78, 5) is 28.9. The standard InChI is InChI=1S/C20H16FN5O/c1-11-3-8-16(12(2)23-11)24-20(27)15-9-10-22-19-17(15)25-18(26-19)13-4-6-14(21)7-5-13/h3-10H,1-2H3,(H,24,27)(H,22,25,26). The minimum absolute atomic E-state index is 0.298. The highest BCUT2D eigenvalue weighted by molar-refractivity contribution is 6.11. The number of aryl methyl sites for hydroxylation is 2. The lowest BCUT2D eigenvalue weighted by atomic mass is 10.2. The number of rotatable bonds is 3. The predicted octanol–water partition coefficient (Wildman–Crippen LogP) is 4.03. The highest BCUT2D eigenvalue weighted by Crippen LogP contribution is 2.23. The van der Waals surface area contributed by atoms with Crippen LogP contribution in [0.25, 0.3) is 22.6 Å². The van der Waals surface area contributed by atoms with Crippen LogP contribution in [0.15, 0.2) is 48.7 Å². The molecule has 6 nitrogen and oxygen atoms in total. The van der Waals surface area contributed by atoms with Crippen molar-refractivity contribution in [2.45, 2.75) is 13.8 Å². The molecule has 2 N–H and O–H groups in total. The van der Waals surface area contributed by atoms with Gasteiger partial charge in [-0.15, -0.1) is 0 Å². The fourth-order valence-electron chi connectivity index (χ4n) is 2.85. The number of anilines is 1. The number of H-pyrrole nitrogens is 1. The van der Waals surface area contributed by atoms with Crippen molar-refractivity contribution in [3.8, 4) is 11.4 Å². The second-order valence-corrected chi connectivity index (χ2v) is 6.19. The van der Waals surface area contributed by atoms with E-state index < -0.39 is 0 Å². The monoisotopic (exact) mass is 361 g/mol. The first-order valence-electron chi connectivity index (χ1n) is 8.37. The Kier molecular flexibility index (Phi) is 4.12. The van der Waals surface area contributed by atoms with Crippen molar-refractivity contribution in [3.05, 3.63) is 71.4 Å².